The molecular weight excluding hydrogens is 258 g/mol. The minimum absolute atomic E-state index is 0.633. The minimum Gasteiger partial charge on any atom is -0.370 e. The number of anilines is 1. The van der Waals surface area contributed by atoms with Crippen molar-refractivity contribution >= 4 is 5.82 Å². The first-order valence-corrected chi connectivity index (χ1v) is 8.89. The average Bonchev–Trinajstić information content (AvgIpc) is 3.29. The summed E-state index contributed by atoms with van der Waals surface area (Å²) in [5, 5.41) is 3.47. The second kappa shape index (κ2) is 9.01. The molecule has 2 rings (SSSR count). The van der Waals surface area contributed by atoms with Crippen LogP contribution in [-0.2, 0) is 0 Å². The van der Waals surface area contributed by atoms with E-state index < -0.39 is 0 Å². The maximum atomic E-state index is 4.64. The highest BCUT2D eigenvalue weighted by Crippen LogP contribution is 2.38. The normalized spacial score (nSPS) is 14.4. The summed E-state index contributed by atoms with van der Waals surface area (Å²) in [5.74, 6) is 2.70. The Morgan fingerprint density at radius 2 is 1.67 bits per heavy atom. The third-order valence-electron chi connectivity index (χ3n) is 4.15. The van der Waals surface area contributed by atoms with E-state index in [2.05, 4.69) is 35.2 Å². The number of unbranched alkanes of at least 4 members (excludes halogenated alkanes) is 7. The largest absolute Gasteiger partial charge is 0.370 e. The highest BCUT2D eigenvalue weighted by Gasteiger charge is 2.26. The molecule has 1 heterocycles. The molecule has 3 heteroatoms. The van der Waals surface area contributed by atoms with E-state index in [4.69, 9.17) is 0 Å². The smallest absolute Gasteiger partial charge is 0.134 e. The quantitative estimate of drug-likeness (QED) is 0.568. The average molecular weight is 289 g/mol. The van der Waals surface area contributed by atoms with E-state index in [-0.39, 0.29) is 0 Å². The van der Waals surface area contributed by atoms with Gasteiger partial charge in [0.1, 0.15) is 11.6 Å². The van der Waals surface area contributed by atoms with Crippen LogP contribution in [0.1, 0.15) is 88.6 Å². The van der Waals surface area contributed by atoms with Crippen LogP contribution in [0.25, 0.3) is 0 Å². The van der Waals surface area contributed by atoms with Crippen LogP contribution in [-0.4, -0.2) is 16.5 Å². The Morgan fingerprint density at radius 3 is 2.33 bits per heavy atom. The lowest BCUT2D eigenvalue weighted by atomic mass is 10.1. The van der Waals surface area contributed by atoms with Gasteiger partial charge in [0.15, 0.2) is 0 Å². The Kier molecular flexibility index (Phi) is 6.98. The van der Waals surface area contributed by atoms with Gasteiger partial charge in [-0.25, -0.2) is 9.97 Å². The van der Waals surface area contributed by atoms with Crippen LogP contribution in [0, 0.1) is 6.92 Å². The fraction of sp³-hybridized carbons (Fsp3) is 0.778. The highest BCUT2D eigenvalue weighted by atomic mass is 15.0. The van der Waals surface area contributed by atoms with Crippen molar-refractivity contribution < 1.29 is 0 Å². The molecule has 0 radical (unpaired) electrons. The number of nitrogens with zero attached hydrogens (tertiary/aromatic N) is 2. The second-order valence-electron chi connectivity index (χ2n) is 6.43. The van der Waals surface area contributed by atoms with Gasteiger partial charge in [-0.3, -0.25) is 0 Å². The third kappa shape index (κ3) is 6.45. The number of nitrogens with one attached hydrogen (secondary N) is 1. The van der Waals surface area contributed by atoms with Crippen LogP contribution in [0.3, 0.4) is 0 Å². The van der Waals surface area contributed by atoms with Crippen LogP contribution in [0.5, 0.6) is 0 Å². The lowest BCUT2D eigenvalue weighted by molar-refractivity contribution is 0.581. The van der Waals surface area contributed by atoms with Crippen LogP contribution in [0.4, 0.5) is 5.82 Å². The van der Waals surface area contributed by atoms with Gasteiger partial charge in [-0.15, -0.1) is 0 Å². The van der Waals surface area contributed by atoms with E-state index in [1.807, 2.05) is 0 Å². The molecule has 1 N–H and O–H groups in total. The topological polar surface area (TPSA) is 37.8 Å². The van der Waals surface area contributed by atoms with E-state index in [9.17, 15) is 0 Å². The molecule has 1 aromatic rings. The molecule has 0 bridgehead atoms. The third-order valence-corrected chi connectivity index (χ3v) is 4.15. The molecule has 1 aliphatic rings. The van der Waals surface area contributed by atoms with Gasteiger partial charge in [0.25, 0.3) is 0 Å². The Labute approximate surface area is 130 Å². The molecule has 0 aromatic carbocycles. The van der Waals surface area contributed by atoms with E-state index in [0.717, 1.165) is 23.9 Å². The Bertz CT molecular complexity index is 413. The zero-order valence-corrected chi connectivity index (χ0v) is 13.8. The first kappa shape index (κ1) is 16.3. The highest BCUT2D eigenvalue weighted by molar-refractivity contribution is 5.36. The summed E-state index contributed by atoms with van der Waals surface area (Å²) in [4.78, 5) is 9.18. The molecule has 0 amide bonds. The molecule has 1 saturated carbocycles. The van der Waals surface area contributed by atoms with E-state index in [0.29, 0.717) is 5.92 Å². The van der Waals surface area contributed by atoms with Gasteiger partial charge in [-0.2, -0.15) is 0 Å². The maximum Gasteiger partial charge on any atom is 0.134 e. The van der Waals surface area contributed by atoms with Crippen molar-refractivity contribution in [2.24, 2.45) is 0 Å². The van der Waals surface area contributed by atoms with Crippen molar-refractivity contribution in [2.75, 3.05) is 11.9 Å². The minimum atomic E-state index is 0.633. The summed E-state index contributed by atoms with van der Waals surface area (Å²) < 4.78 is 0. The van der Waals surface area contributed by atoms with Crippen molar-refractivity contribution in [1.82, 2.24) is 9.97 Å². The summed E-state index contributed by atoms with van der Waals surface area (Å²) in [6.07, 6.45) is 13.5. The number of aryl methyl sites for hydroxylation is 1. The fourth-order valence-electron chi connectivity index (χ4n) is 2.68. The number of hydrogen-bond acceptors (Lipinski definition) is 3. The number of hydrogen-bond donors (Lipinski definition) is 1. The summed E-state index contributed by atoms with van der Waals surface area (Å²) in [6, 6.07) is 2.07. The van der Waals surface area contributed by atoms with Gasteiger partial charge >= 0.3 is 0 Å². The fourth-order valence-corrected chi connectivity index (χ4v) is 2.68. The number of aromatic nitrogens is 2. The van der Waals surface area contributed by atoms with E-state index in [1.165, 1.54) is 64.2 Å². The summed E-state index contributed by atoms with van der Waals surface area (Å²) in [5.41, 5.74) is 1.09. The molecular formula is C18H31N3. The second-order valence-corrected chi connectivity index (χ2v) is 6.43. The first-order chi connectivity index (χ1) is 10.3. The van der Waals surface area contributed by atoms with Gasteiger partial charge in [-0.05, 0) is 26.2 Å². The van der Waals surface area contributed by atoms with Crippen molar-refractivity contribution in [1.29, 1.82) is 0 Å². The molecule has 0 aliphatic heterocycles. The Hall–Kier alpha value is -1.12. The first-order valence-electron chi connectivity index (χ1n) is 8.89. The van der Waals surface area contributed by atoms with Crippen molar-refractivity contribution in [2.45, 2.75) is 84.0 Å². The molecule has 118 valence electrons. The SMILES string of the molecule is CCCCCCCCCCNc1cc(C)nc(C2CC2)n1. The predicted molar refractivity (Wildman–Crippen MR) is 89.8 cm³/mol. The Morgan fingerprint density at radius 1 is 1.00 bits per heavy atom. The van der Waals surface area contributed by atoms with E-state index in [1.54, 1.807) is 0 Å². The zero-order chi connectivity index (χ0) is 14.9. The summed E-state index contributed by atoms with van der Waals surface area (Å²) in [6.45, 7) is 5.37. The number of rotatable bonds is 11. The lowest BCUT2D eigenvalue weighted by Gasteiger charge is -2.08. The van der Waals surface area contributed by atoms with Crippen molar-refractivity contribution in [3.63, 3.8) is 0 Å². The predicted octanol–water partition coefficient (Wildman–Crippen LogP) is 5.22. The Balaban J connectivity index is 1.56. The zero-order valence-electron chi connectivity index (χ0n) is 13.8. The summed E-state index contributed by atoms with van der Waals surface area (Å²) >= 11 is 0. The van der Waals surface area contributed by atoms with Crippen LogP contribution >= 0.6 is 0 Å². The van der Waals surface area contributed by atoms with Crippen LogP contribution in [0.2, 0.25) is 0 Å². The van der Waals surface area contributed by atoms with Gasteiger partial charge in [0.05, 0.1) is 0 Å². The van der Waals surface area contributed by atoms with Gasteiger partial charge in [0.2, 0.25) is 0 Å². The molecule has 0 atom stereocenters. The van der Waals surface area contributed by atoms with Crippen molar-refractivity contribution in [3.05, 3.63) is 17.6 Å². The van der Waals surface area contributed by atoms with Crippen LogP contribution in [0.15, 0.2) is 6.07 Å². The standard InChI is InChI=1S/C18H31N3/c1-3-4-5-6-7-8-9-10-13-19-17-14-15(2)20-18(21-17)16-11-12-16/h14,16H,3-13H2,1-2H3,(H,19,20,21). The van der Waals surface area contributed by atoms with E-state index >= 15 is 0 Å². The summed E-state index contributed by atoms with van der Waals surface area (Å²) in [7, 11) is 0. The maximum absolute atomic E-state index is 4.64. The molecule has 1 aromatic heterocycles. The van der Waals surface area contributed by atoms with Crippen LogP contribution < -0.4 is 5.32 Å². The molecule has 3 nitrogen and oxygen atoms in total. The molecule has 0 unspecified atom stereocenters. The monoisotopic (exact) mass is 289 g/mol. The molecule has 21 heavy (non-hydrogen) atoms. The van der Waals surface area contributed by atoms with Gasteiger partial charge in [0, 0.05) is 24.2 Å². The lowest BCUT2D eigenvalue weighted by Crippen LogP contribution is -2.06. The molecule has 1 aliphatic carbocycles. The van der Waals surface area contributed by atoms with Gasteiger partial charge < -0.3 is 5.32 Å². The molecule has 0 saturated heterocycles. The van der Waals surface area contributed by atoms with Gasteiger partial charge in [-0.1, -0.05) is 51.9 Å². The molecule has 1 fully saturated rings. The van der Waals surface area contributed by atoms with Crippen molar-refractivity contribution in [3.8, 4) is 0 Å². The molecule has 0 spiro atoms.